The van der Waals surface area contributed by atoms with Crippen LogP contribution in [0.25, 0.3) is 10.9 Å². The Kier molecular flexibility index (Phi) is 2.17. The SMILES string of the molecule is CC(C)(C#N)c1ccc2cccnc2c1. The molecule has 0 bridgehead atoms. The van der Waals surface area contributed by atoms with Crippen molar-refractivity contribution in [1.82, 2.24) is 4.98 Å². The third-order valence-corrected chi connectivity index (χ3v) is 2.61. The first-order valence-electron chi connectivity index (χ1n) is 4.90. The zero-order valence-corrected chi connectivity index (χ0v) is 8.86. The van der Waals surface area contributed by atoms with Gasteiger partial charge in [-0.1, -0.05) is 18.2 Å². The zero-order valence-electron chi connectivity index (χ0n) is 8.86. The Hall–Kier alpha value is -1.88. The highest BCUT2D eigenvalue weighted by Crippen LogP contribution is 2.24. The van der Waals surface area contributed by atoms with Crippen LogP contribution in [0.3, 0.4) is 0 Å². The Morgan fingerprint density at radius 2 is 2.07 bits per heavy atom. The highest BCUT2D eigenvalue weighted by atomic mass is 14.6. The van der Waals surface area contributed by atoms with Gasteiger partial charge in [-0.15, -0.1) is 0 Å². The molecule has 0 saturated heterocycles. The van der Waals surface area contributed by atoms with Gasteiger partial charge in [-0.05, 0) is 31.5 Å². The van der Waals surface area contributed by atoms with Crippen LogP contribution in [-0.4, -0.2) is 4.98 Å². The van der Waals surface area contributed by atoms with Gasteiger partial charge in [0.15, 0.2) is 0 Å². The number of nitrogens with zero attached hydrogens (tertiary/aromatic N) is 2. The molecule has 0 unspecified atom stereocenters. The Labute approximate surface area is 89.2 Å². The molecule has 0 aliphatic heterocycles. The number of benzene rings is 1. The van der Waals surface area contributed by atoms with Crippen molar-refractivity contribution in [3.63, 3.8) is 0 Å². The second-order valence-electron chi connectivity index (χ2n) is 4.15. The molecule has 15 heavy (non-hydrogen) atoms. The molecule has 1 aromatic carbocycles. The lowest BCUT2D eigenvalue weighted by molar-refractivity contribution is 0.688. The summed E-state index contributed by atoms with van der Waals surface area (Å²) in [4.78, 5) is 4.28. The van der Waals surface area contributed by atoms with Crippen LogP contribution < -0.4 is 0 Å². The standard InChI is InChI=1S/C13H12N2/c1-13(2,9-14)11-6-5-10-4-3-7-15-12(10)8-11/h3-8H,1-2H3. The summed E-state index contributed by atoms with van der Waals surface area (Å²) in [7, 11) is 0. The van der Waals surface area contributed by atoms with Crippen LogP contribution in [0.4, 0.5) is 0 Å². The minimum Gasteiger partial charge on any atom is -0.256 e. The van der Waals surface area contributed by atoms with Crippen LogP contribution in [0.5, 0.6) is 0 Å². The molecule has 1 heterocycles. The Morgan fingerprint density at radius 3 is 2.80 bits per heavy atom. The number of rotatable bonds is 1. The number of pyridine rings is 1. The van der Waals surface area contributed by atoms with E-state index in [0.717, 1.165) is 16.5 Å². The first-order chi connectivity index (χ1) is 7.13. The maximum atomic E-state index is 9.05. The summed E-state index contributed by atoms with van der Waals surface area (Å²) in [5, 5.41) is 10.2. The van der Waals surface area contributed by atoms with Gasteiger partial charge in [0.1, 0.15) is 0 Å². The lowest BCUT2D eigenvalue weighted by Crippen LogP contribution is -2.13. The molecule has 0 atom stereocenters. The normalized spacial score (nSPS) is 11.3. The molecular weight excluding hydrogens is 184 g/mol. The fraction of sp³-hybridized carbons (Fsp3) is 0.231. The minimum absolute atomic E-state index is 0.453. The monoisotopic (exact) mass is 196 g/mol. The van der Waals surface area contributed by atoms with Gasteiger partial charge in [-0.2, -0.15) is 5.26 Å². The summed E-state index contributed by atoms with van der Waals surface area (Å²) in [5.41, 5.74) is 1.50. The summed E-state index contributed by atoms with van der Waals surface area (Å²) in [6, 6.07) is 12.2. The van der Waals surface area contributed by atoms with E-state index in [-0.39, 0.29) is 0 Å². The summed E-state index contributed by atoms with van der Waals surface area (Å²) >= 11 is 0. The lowest BCUT2D eigenvalue weighted by Gasteiger charge is -2.15. The fourth-order valence-corrected chi connectivity index (χ4v) is 1.52. The van der Waals surface area contributed by atoms with Crippen LogP contribution >= 0.6 is 0 Å². The van der Waals surface area contributed by atoms with E-state index in [2.05, 4.69) is 11.1 Å². The van der Waals surface area contributed by atoms with Crippen LogP contribution in [0.15, 0.2) is 36.5 Å². The second-order valence-corrected chi connectivity index (χ2v) is 4.15. The highest BCUT2D eigenvalue weighted by molar-refractivity contribution is 5.79. The van der Waals surface area contributed by atoms with Crippen LogP contribution in [0.1, 0.15) is 19.4 Å². The van der Waals surface area contributed by atoms with Gasteiger partial charge in [-0.25, -0.2) is 0 Å². The van der Waals surface area contributed by atoms with E-state index in [1.54, 1.807) is 6.20 Å². The number of aromatic nitrogens is 1. The number of nitriles is 1. The predicted molar refractivity (Wildman–Crippen MR) is 60.4 cm³/mol. The maximum Gasteiger partial charge on any atom is 0.0767 e. The highest BCUT2D eigenvalue weighted by Gasteiger charge is 2.19. The van der Waals surface area contributed by atoms with Crippen molar-refractivity contribution in [3.8, 4) is 6.07 Å². The fourth-order valence-electron chi connectivity index (χ4n) is 1.52. The smallest absolute Gasteiger partial charge is 0.0767 e. The van der Waals surface area contributed by atoms with E-state index >= 15 is 0 Å². The Bertz CT molecular complexity index is 535. The molecule has 0 amide bonds. The zero-order chi connectivity index (χ0) is 10.9. The van der Waals surface area contributed by atoms with Gasteiger partial charge in [-0.3, -0.25) is 4.98 Å². The van der Waals surface area contributed by atoms with Gasteiger partial charge >= 0.3 is 0 Å². The average molecular weight is 196 g/mol. The maximum absolute atomic E-state index is 9.05. The molecule has 0 radical (unpaired) electrons. The first-order valence-corrected chi connectivity index (χ1v) is 4.90. The van der Waals surface area contributed by atoms with Gasteiger partial charge in [0, 0.05) is 11.6 Å². The van der Waals surface area contributed by atoms with Crippen molar-refractivity contribution < 1.29 is 0 Å². The van der Waals surface area contributed by atoms with Crippen molar-refractivity contribution in [1.29, 1.82) is 5.26 Å². The molecule has 0 spiro atoms. The lowest BCUT2D eigenvalue weighted by atomic mass is 9.86. The molecule has 1 aromatic heterocycles. The third-order valence-electron chi connectivity index (χ3n) is 2.61. The van der Waals surface area contributed by atoms with Gasteiger partial charge < -0.3 is 0 Å². The molecule has 0 fully saturated rings. The summed E-state index contributed by atoms with van der Waals surface area (Å²) in [5.74, 6) is 0. The minimum atomic E-state index is -0.453. The molecule has 2 nitrogen and oxygen atoms in total. The summed E-state index contributed by atoms with van der Waals surface area (Å²) < 4.78 is 0. The molecular formula is C13H12N2. The molecule has 2 aromatic rings. The van der Waals surface area contributed by atoms with E-state index in [1.807, 2.05) is 44.2 Å². The van der Waals surface area contributed by atoms with Crippen molar-refractivity contribution in [2.75, 3.05) is 0 Å². The number of hydrogen-bond acceptors (Lipinski definition) is 2. The van der Waals surface area contributed by atoms with E-state index in [1.165, 1.54) is 0 Å². The Morgan fingerprint density at radius 1 is 1.27 bits per heavy atom. The molecule has 0 aliphatic carbocycles. The summed E-state index contributed by atoms with van der Waals surface area (Å²) in [6.45, 7) is 3.83. The molecule has 2 heteroatoms. The first kappa shape index (κ1) is 9.67. The predicted octanol–water partition coefficient (Wildman–Crippen LogP) is 3.04. The van der Waals surface area contributed by atoms with E-state index < -0.39 is 5.41 Å². The van der Waals surface area contributed by atoms with Crippen LogP contribution in [0.2, 0.25) is 0 Å². The molecule has 0 saturated carbocycles. The molecule has 0 N–H and O–H groups in total. The largest absolute Gasteiger partial charge is 0.256 e. The van der Waals surface area contributed by atoms with Crippen molar-refractivity contribution in [2.24, 2.45) is 0 Å². The van der Waals surface area contributed by atoms with E-state index in [4.69, 9.17) is 5.26 Å². The Balaban J connectivity index is 2.63. The number of fused-ring (bicyclic) bond motifs is 1. The van der Waals surface area contributed by atoms with Gasteiger partial charge in [0.2, 0.25) is 0 Å². The quantitative estimate of drug-likeness (QED) is 0.702. The second kappa shape index (κ2) is 3.36. The average Bonchev–Trinajstić information content (AvgIpc) is 2.28. The van der Waals surface area contributed by atoms with Crippen molar-refractivity contribution in [3.05, 3.63) is 42.1 Å². The number of hydrogen-bond donors (Lipinski definition) is 0. The molecule has 74 valence electrons. The summed E-state index contributed by atoms with van der Waals surface area (Å²) in [6.07, 6.45) is 1.77. The van der Waals surface area contributed by atoms with E-state index in [0.29, 0.717) is 0 Å². The van der Waals surface area contributed by atoms with E-state index in [9.17, 15) is 0 Å². The van der Waals surface area contributed by atoms with Crippen molar-refractivity contribution in [2.45, 2.75) is 19.3 Å². The van der Waals surface area contributed by atoms with Crippen LogP contribution in [-0.2, 0) is 5.41 Å². The molecule has 2 rings (SSSR count). The third kappa shape index (κ3) is 1.69. The van der Waals surface area contributed by atoms with Crippen LogP contribution in [0, 0.1) is 11.3 Å². The topological polar surface area (TPSA) is 36.7 Å². The molecule has 0 aliphatic rings. The van der Waals surface area contributed by atoms with Gasteiger partial charge in [0.25, 0.3) is 0 Å². The van der Waals surface area contributed by atoms with Gasteiger partial charge in [0.05, 0.1) is 17.0 Å². The van der Waals surface area contributed by atoms with Crippen molar-refractivity contribution >= 4 is 10.9 Å².